The highest BCUT2D eigenvalue weighted by Gasteiger charge is 2.25. The van der Waals surface area contributed by atoms with Crippen molar-refractivity contribution in [1.29, 1.82) is 0 Å². The Hall–Kier alpha value is -1.36. The number of carbonyl (C=O) groups is 1. The third-order valence-corrected chi connectivity index (χ3v) is 4.35. The van der Waals surface area contributed by atoms with Crippen LogP contribution in [0.3, 0.4) is 0 Å². The summed E-state index contributed by atoms with van der Waals surface area (Å²) in [5.74, 6) is 0.142. The van der Waals surface area contributed by atoms with E-state index in [1.54, 1.807) is 6.20 Å². The van der Waals surface area contributed by atoms with E-state index in [1.165, 1.54) is 25.7 Å². The van der Waals surface area contributed by atoms with Crippen LogP contribution in [0.4, 0.5) is 0 Å². The molecule has 0 bridgehead atoms. The van der Waals surface area contributed by atoms with Crippen molar-refractivity contribution in [2.75, 3.05) is 26.2 Å². The molecule has 1 aromatic heterocycles. The molecule has 19 heavy (non-hydrogen) atoms. The molecule has 2 heterocycles. The van der Waals surface area contributed by atoms with Gasteiger partial charge in [0.05, 0.1) is 17.8 Å². The minimum Gasteiger partial charge on any atom is -0.336 e. The summed E-state index contributed by atoms with van der Waals surface area (Å²) in [5, 5.41) is 7.74. The highest BCUT2D eigenvalue weighted by atomic mass is 16.2. The summed E-state index contributed by atoms with van der Waals surface area (Å²) >= 11 is 0. The maximum atomic E-state index is 12.5. The first kappa shape index (κ1) is 12.7. The van der Waals surface area contributed by atoms with Crippen LogP contribution in [0.1, 0.15) is 47.8 Å². The first-order valence-corrected chi connectivity index (χ1v) is 7.31. The van der Waals surface area contributed by atoms with Crippen molar-refractivity contribution in [3.8, 4) is 0 Å². The predicted molar refractivity (Wildman–Crippen MR) is 73.2 cm³/mol. The largest absolute Gasteiger partial charge is 0.336 e. The summed E-state index contributed by atoms with van der Waals surface area (Å²) in [6.45, 7) is 5.41. The van der Waals surface area contributed by atoms with Gasteiger partial charge < -0.3 is 10.2 Å². The Morgan fingerprint density at radius 1 is 1.32 bits per heavy atom. The highest BCUT2D eigenvalue weighted by molar-refractivity contribution is 5.95. The summed E-state index contributed by atoms with van der Waals surface area (Å²) in [6.07, 6.45) is 6.72. The van der Waals surface area contributed by atoms with Gasteiger partial charge in [-0.25, -0.2) is 0 Å². The van der Waals surface area contributed by atoms with Gasteiger partial charge in [0.15, 0.2) is 0 Å². The van der Waals surface area contributed by atoms with Gasteiger partial charge in [0.1, 0.15) is 0 Å². The van der Waals surface area contributed by atoms with Gasteiger partial charge in [0.25, 0.3) is 5.91 Å². The van der Waals surface area contributed by atoms with Crippen molar-refractivity contribution < 1.29 is 4.79 Å². The maximum absolute atomic E-state index is 12.5. The van der Waals surface area contributed by atoms with Crippen LogP contribution in [0.15, 0.2) is 6.20 Å². The van der Waals surface area contributed by atoms with Gasteiger partial charge in [-0.2, -0.15) is 5.10 Å². The van der Waals surface area contributed by atoms with Crippen molar-refractivity contribution in [2.24, 2.45) is 0 Å². The predicted octanol–water partition coefficient (Wildman–Crippen LogP) is 1.35. The van der Waals surface area contributed by atoms with Crippen LogP contribution >= 0.6 is 0 Å². The first-order chi connectivity index (χ1) is 9.27. The van der Waals surface area contributed by atoms with Crippen LogP contribution in [-0.4, -0.2) is 46.8 Å². The smallest absolute Gasteiger partial charge is 0.257 e. The maximum Gasteiger partial charge on any atom is 0.257 e. The average molecular weight is 262 g/mol. The Balaban J connectivity index is 1.78. The number of nitrogens with one attached hydrogen (secondary N) is 1. The van der Waals surface area contributed by atoms with E-state index in [0.717, 1.165) is 37.4 Å². The van der Waals surface area contributed by atoms with Crippen molar-refractivity contribution >= 4 is 5.91 Å². The number of aromatic nitrogens is 2. The fourth-order valence-corrected chi connectivity index (χ4v) is 3.19. The molecule has 1 amide bonds. The summed E-state index contributed by atoms with van der Waals surface area (Å²) in [4.78, 5) is 14.4. The Morgan fingerprint density at radius 2 is 2.00 bits per heavy atom. The molecule has 0 spiro atoms. The minimum atomic E-state index is 0.142. The molecule has 0 atom stereocenters. The molecule has 1 aliphatic carbocycles. The quantitative estimate of drug-likeness (QED) is 0.875. The molecule has 104 valence electrons. The van der Waals surface area contributed by atoms with Gasteiger partial charge in [-0.3, -0.25) is 9.48 Å². The lowest BCUT2D eigenvalue weighted by atomic mass is 10.2. The number of hydrogen-bond donors (Lipinski definition) is 1. The van der Waals surface area contributed by atoms with Crippen LogP contribution in [0.25, 0.3) is 0 Å². The molecular formula is C14H22N4O. The topological polar surface area (TPSA) is 50.2 Å². The second-order valence-electron chi connectivity index (χ2n) is 5.57. The van der Waals surface area contributed by atoms with Crippen molar-refractivity contribution in [3.63, 3.8) is 0 Å². The average Bonchev–Trinajstić information content (AvgIpc) is 3.08. The van der Waals surface area contributed by atoms with Crippen LogP contribution in [0.2, 0.25) is 0 Å². The molecule has 0 unspecified atom stereocenters. The zero-order valence-corrected chi connectivity index (χ0v) is 11.6. The third kappa shape index (κ3) is 2.39. The number of carbonyl (C=O) groups excluding carboxylic acids is 1. The number of hydrogen-bond acceptors (Lipinski definition) is 3. The number of amides is 1. The van der Waals surface area contributed by atoms with Crippen LogP contribution < -0.4 is 5.32 Å². The Labute approximate surface area is 114 Å². The zero-order valence-electron chi connectivity index (χ0n) is 11.6. The number of rotatable bonds is 2. The molecule has 1 N–H and O–H groups in total. The molecule has 3 rings (SSSR count). The molecule has 0 aromatic carbocycles. The monoisotopic (exact) mass is 262 g/mol. The minimum absolute atomic E-state index is 0.142. The molecule has 1 aromatic rings. The van der Waals surface area contributed by atoms with Crippen LogP contribution in [-0.2, 0) is 0 Å². The van der Waals surface area contributed by atoms with Gasteiger partial charge in [-0.05, 0) is 19.8 Å². The fourth-order valence-electron chi connectivity index (χ4n) is 3.19. The standard InChI is InChI=1S/C14H22N4O/c1-11-13(14(19)17-8-6-15-7-9-17)10-16-18(11)12-4-2-3-5-12/h10,12,15H,2-9H2,1H3. The van der Waals surface area contributed by atoms with Gasteiger partial charge in [-0.15, -0.1) is 0 Å². The van der Waals surface area contributed by atoms with Crippen LogP contribution in [0, 0.1) is 6.92 Å². The molecule has 5 nitrogen and oxygen atoms in total. The van der Waals surface area contributed by atoms with Crippen molar-refractivity contribution in [2.45, 2.75) is 38.6 Å². The number of nitrogens with zero attached hydrogens (tertiary/aromatic N) is 3. The van der Waals surface area contributed by atoms with Gasteiger partial charge >= 0.3 is 0 Å². The zero-order chi connectivity index (χ0) is 13.2. The van der Waals surface area contributed by atoms with E-state index >= 15 is 0 Å². The molecule has 1 saturated heterocycles. The van der Waals surface area contributed by atoms with E-state index in [9.17, 15) is 4.79 Å². The fraction of sp³-hybridized carbons (Fsp3) is 0.714. The van der Waals surface area contributed by atoms with E-state index in [0.29, 0.717) is 6.04 Å². The Morgan fingerprint density at radius 3 is 2.68 bits per heavy atom. The molecule has 2 aliphatic rings. The van der Waals surface area contributed by atoms with Gasteiger partial charge in [0.2, 0.25) is 0 Å². The molecule has 1 aliphatic heterocycles. The summed E-state index contributed by atoms with van der Waals surface area (Å²) in [6, 6.07) is 0.504. The first-order valence-electron chi connectivity index (χ1n) is 7.31. The SMILES string of the molecule is Cc1c(C(=O)N2CCNCC2)cnn1C1CCCC1. The second kappa shape index (κ2) is 5.33. The summed E-state index contributed by atoms with van der Waals surface area (Å²) < 4.78 is 2.07. The molecule has 5 heteroatoms. The Bertz CT molecular complexity index is 456. The number of piperazine rings is 1. The van der Waals surface area contributed by atoms with E-state index in [1.807, 2.05) is 11.8 Å². The normalized spacial score (nSPS) is 21.0. The molecule has 1 saturated carbocycles. The molecule has 0 radical (unpaired) electrons. The summed E-state index contributed by atoms with van der Waals surface area (Å²) in [7, 11) is 0. The van der Waals surface area contributed by atoms with E-state index in [2.05, 4.69) is 15.1 Å². The van der Waals surface area contributed by atoms with Crippen molar-refractivity contribution in [1.82, 2.24) is 20.0 Å². The van der Waals surface area contributed by atoms with E-state index in [4.69, 9.17) is 0 Å². The van der Waals surface area contributed by atoms with E-state index in [-0.39, 0.29) is 5.91 Å². The van der Waals surface area contributed by atoms with Crippen molar-refractivity contribution in [3.05, 3.63) is 17.5 Å². The van der Waals surface area contributed by atoms with E-state index < -0.39 is 0 Å². The highest BCUT2D eigenvalue weighted by Crippen LogP contribution is 2.30. The lowest BCUT2D eigenvalue weighted by Gasteiger charge is -2.27. The lowest BCUT2D eigenvalue weighted by molar-refractivity contribution is 0.0735. The van der Waals surface area contributed by atoms with Crippen LogP contribution in [0.5, 0.6) is 0 Å². The summed E-state index contributed by atoms with van der Waals surface area (Å²) in [5.41, 5.74) is 1.82. The Kier molecular flexibility index (Phi) is 3.55. The molecule has 2 fully saturated rings. The second-order valence-corrected chi connectivity index (χ2v) is 5.57. The molecular weight excluding hydrogens is 240 g/mol. The van der Waals surface area contributed by atoms with Gasteiger partial charge in [0, 0.05) is 31.9 Å². The lowest BCUT2D eigenvalue weighted by Crippen LogP contribution is -2.46. The van der Waals surface area contributed by atoms with Gasteiger partial charge in [-0.1, -0.05) is 12.8 Å². The third-order valence-electron chi connectivity index (χ3n) is 4.35.